The van der Waals surface area contributed by atoms with E-state index in [1.165, 1.54) is 25.7 Å². The van der Waals surface area contributed by atoms with E-state index in [4.69, 9.17) is 4.52 Å². The molecule has 18 heavy (non-hydrogen) atoms. The maximum absolute atomic E-state index is 5.28. The monoisotopic (exact) mass is 250 g/mol. The molecule has 1 aromatic rings. The highest BCUT2D eigenvalue weighted by Gasteiger charge is 2.29. The Morgan fingerprint density at radius 2 is 2.06 bits per heavy atom. The average Bonchev–Trinajstić information content (AvgIpc) is 3.12. The Hall–Kier alpha value is -0.940. The zero-order chi connectivity index (χ0) is 12.4. The summed E-state index contributed by atoms with van der Waals surface area (Å²) in [6, 6.07) is 0. The highest BCUT2D eigenvalue weighted by atomic mass is 16.5. The lowest BCUT2D eigenvalue weighted by Gasteiger charge is -2.26. The van der Waals surface area contributed by atoms with Crippen LogP contribution in [0.3, 0.4) is 0 Å². The Balaban J connectivity index is 1.48. The molecular weight excluding hydrogens is 228 g/mol. The molecule has 3 rings (SSSR count). The van der Waals surface area contributed by atoms with E-state index in [9.17, 15) is 0 Å². The summed E-state index contributed by atoms with van der Waals surface area (Å²) in [6.45, 7) is 4.26. The van der Waals surface area contributed by atoms with E-state index >= 15 is 0 Å². The third kappa shape index (κ3) is 3.09. The fourth-order valence-electron chi connectivity index (χ4n) is 2.64. The van der Waals surface area contributed by atoms with E-state index in [0.717, 1.165) is 43.8 Å². The number of hydrogen-bond acceptors (Lipinski definition) is 5. The van der Waals surface area contributed by atoms with Crippen LogP contribution in [-0.4, -0.2) is 41.7 Å². The second kappa shape index (κ2) is 5.36. The van der Waals surface area contributed by atoms with Gasteiger partial charge >= 0.3 is 0 Å². The molecule has 0 radical (unpaired) electrons. The van der Waals surface area contributed by atoms with Gasteiger partial charge < -0.3 is 9.84 Å². The lowest BCUT2D eigenvalue weighted by molar-refractivity contribution is 0.228. The smallest absolute Gasteiger partial charge is 0.229 e. The fraction of sp³-hybridized carbons (Fsp3) is 0.846. The Kier molecular flexibility index (Phi) is 3.61. The molecular formula is C13H22N4O. The predicted octanol–water partition coefficient (Wildman–Crippen LogP) is 1.38. The number of nitrogens with one attached hydrogen (secondary N) is 1. The highest BCUT2D eigenvalue weighted by Crippen LogP contribution is 2.38. The molecule has 2 fully saturated rings. The van der Waals surface area contributed by atoms with E-state index in [1.807, 2.05) is 0 Å². The van der Waals surface area contributed by atoms with Gasteiger partial charge in [0.2, 0.25) is 5.89 Å². The Labute approximate surface area is 108 Å². The van der Waals surface area contributed by atoms with Gasteiger partial charge in [0.25, 0.3) is 0 Å². The minimum absolute atomic E-state index is 0.556. The summed E-state index contributed by atoms with van der Waals surface area (Å²) < 4.78 is 5.28. The van der Waals surface area contributed by atoms with Gasteiger partial charge in [0.15, 0.2) is 5.82 Å². The van der Waals surface area contributed by atoms with Crippen molar-refractivity contribution >= 4 is 0 Å². The molecule has 100 valence electrons. The first-order valence-corrected chi connectivity index (χ1v) is 7.03. The maximum Gasteiger partial charge on any atom is 0.229 e. The predicted molar refractivity (Wildman–Crippen MR) is 68.2 cm³/mol. The van der Waals surface area contributed by atoms with Crippen LogP contribution < -0.4 is 5.32 Å². The summed E-state index contributed by atoms with van der Waals surface area (Å²) in [7, 11) is 2.15. The van der Waals surface area contributed by atoms with Crippen LogP contribution in [0.2, 0.25) is 0 Å². The van der Waals surface area contributed by atoms with Gasteiger partial charge in [-0.3, -0.25) is 4.90 Å². The van der Waals surface area contributed by atoms with E-state index in [-0.39, 0.29) is 0 Å². The van der Waals surface area contributed by atoms with Gasteiger partial charge in [-0.05, 0) is 51.7 Å². The van der Waals surface area contributed by atoms with Crippen LogP contribution in [0.1, 0.15) is 43.3 Å². The third-order valence-electron chi connectivity index (χ3n) is 3.85. The zero-order valence-electron chi connectivity index (χ0n) is 11.1. The second-order valence-electron chi connectivity index (χ2n) is 5.71. The lowest BCUT2D eigenvalue weighted by Crippen LogP contribution is -2.34. The quantitative estimate of drug-likeness (QED) is 0.855. The van der Waals surface area contributed by atoms with Crippen molar-refractivity contribution in [2.45, 2.75) is 38.1 Å². The molecule has 0 amide bonds. The van der Waals surface area contributed by atoms with E-state index in [1.54, 1.807) is 0 Å². The van der Waals surface area contributed by atoms with Gasteiger partial charge in [-0.25, -0.2) is 0 Å². The molecule has 1 aliphatic heterocycles. The lowest BCUT2D eigenvalue weighted by atomic mass is 9.98. The topological polar surface area (TPSA) is 54.2 Å². The first-order chi connectivity index (χ1) is 8.81. The third-order valence-corrected chi connectivity index (χ3v) is 3.85. The van der Waals surface area contributed by atoms with Crippen molar-refractivity contribution in [1.29, 1.82) is 0 Å². The SMILES string of the molecule is CN(Cc1noc(C2CC2)n1)CC1CCNCC1. The highest BCUT2D eigenvalue weighted by molar-refractivity contribution is 5.01. The summed E-state index contributed by atoms with van der Waals surface area (Å²) in [6.07, 6.45) is 4.99. The average molecular weight is 250 g/mol. The van der Waals surface area contributed by atoms with Crippen molar-refractivity contribution < 1.29 is 4.52 Å². The van der Waals surface area contributed by atoms with Crippen LogP contribution in [0.25, 0.3) is 0 Å². The largest absolute Gasteiger partial charge is 0.339 e. The Morgan fingerprint density at radius 1 is 1.28 bits per heavy atom. The number of rotatable bonds is 5. The van der Waals surface area contributed by atoms with Crippen molar-refractivity contribution in [3.8, 4) is 0 Å². The molecule has 0 atom stereocenters. The Morgan fingerprint density at radius 3 is 2.78 bits per heavy atom. The van der Waals surface area contributed by atoms with Crippen LogP contribution in [0.15, 0.2) is 4.52 Å². The molecule has 0 unspecified atom stereocenters. The van der Waals surface area contributed by atoms with E-state index in [2.05, 4.69) is 27.4 Å². The molecule has 1 aliphatic carbocycles. The summed E-state index contributed by atoms with van der Waals surface area (Å²) in [5.74, 6) is 3.06. The minimum Gasteiger partial charge on any atom is -0.339 e. The van der Waals surface area contributed by atoms with Crippen LogP contribution in [-0.2, 0) is 6.54 Å². The molecule has 0 spiro atoms. The molecule has 2 aliphatic rings. The molecule has 1 N–H and O–H groups in total. The normalized spacial score (nSPS) is 21.7. The van der Waals surface area contributed by atoms with Crippen LogP contribution in [0.5, 0.6) is 0 Å². The molecule has 5 heteroatoms. The fourth-order valence-corrected chi connectivity index (χ4v) is 2.64. The number of nitrogens with zero attached hydrogens (tertiary/aromatic N) is 3. The first kappa shape index (κ1) is 12.1. The number of piperidine rings is 1. The van der Waals surface area contributed by atoms with Gasteiger partial charge in [0.1, 0.15) is 0 Å². The molecule has 0 aromatic carbocycles. The van der Waals surface area contributed by atoms with E-state index in [0.29, 0.717) is 5.92 Å². The van der Waals surface area contributed by atoms with Gasteiger partial charge in [-0.2, -0.15) is 4.98 Å². The van der Waals surface area contributed by atoms with Crippen LogP contribution >= 0.6 is 0 Å². The Bertz CT molecular complexity index is 382. The number of aromatic nitrogens is 2. The van der Waals surface area contributed by atoms with Crippen molar-refractivity contribution in [3.63, 3.8) is 0 Å². The minimum atomic E-state index is 0.556. The molecule has 5 nitrogen and oxygen atoms in total. The molecule has 1 saturated heterocycles. The van der Waals surface area contributed by atoms with Crippen molar-refractivity contribution in [3.05, 3.63) is 11.7 Å². The summed E-state index contributed by atoms with van der Waals surface area (Å²) in [5, 5.41) is 7.47. The van der Waals surface area contributed by atoms with Gasteiger partial charge in [0, 0.05) is 12.5 Å². The maximum atomic E-state index is 5.28. The van der Waals surface area contributed by atoms with Gasteiger partial charge in [-0.15, -0.1) is 0 Å². The van der Waals surface area contributed by atoms with Crippen molar-refractivity contribution in [2.75, 3.05) is 26.7 Å². The molecule has 1 saturated carbocycles. The second-order valence-corrected chi connectivity index (χ2v) is 5.71. The van der Waals surface area contributed by atoms with Crippen molar-refractivity contribution in [2.24, 2.45) is 5.92 Å². The molecule has 0 bridgehead atoms. The van der Waals surface area contributed by atoms with Crippen molar-refractivity contribution in [1.82, 2.24) is 20.4 Å². The molecule has 1 aromatic heterocycles. The van der Waals surface area contributed by atoms with E-state index < -0.39 is 0 Å². The van der Waals surface area contributed by atoms with Gasteiger partial charge in [-0.1, -0.05) is 5.16 Å². The van der Waals surface area contributed by atoms with Crippen LogP contribution in [0.4, 0.5) is 0 Å². The van der Waals surface area contributed by atoms with Crippen LogP contribution in [0, 0.1) is 5.92 Å². The summed E-state index contributed by atoms with van der Waals surface area (Å²) >= 11 is 0. The first-order valence-electron chi connectivity index (χ1n) is 7.03. The van der Waals surface area contributed by atoms with Gasteiger partial charge in [0.05, 0.1) is 6.54 Å². The number of hydrogen-bond donors (Lipinski definition) is 1. The zero-order valence-corrected chi connectivity index (χ0v) is 11.1. The molecule has 2 heterocycles. The summed E-state index contributed by atoms with van der Waals surface area (Å²) in [5.41, 5.74) is 0. The standard InChI is InChI=1S/C13H22N4O/c1-17(8-10-4-6-14-7-5-10)9-12-15-13(18-16-12)11-2-3-11/h10-11,14H,2-9H2,1H3. The summed E-state index contributed by atoms with van der Waals surface area (Å²) in [4.78, 5) is 6.79.